The van der Waals surface area contributed by atoms with Crippen molar-refractivity contribution in [3.05, 3.63) is 253 Å². The van der Waals surface area contributed by atoms with Crippen molar-refractivity contribution in [2.75, 3.05) is 5.32 Å². The molecule has 0 saturated carbocycles. The molecule has 0 radical (unpaired) electrons. The number of nitrogens with zero attached hydrogens (tertiary/aromatic N) is 2. The van der Waals surface area contributed by atoms with Crippen LogP contribution in [0.4, 0.5) is 11.4 Å². The van der Waals surface area contributed by atoms with Gasteiger partial charge in [-0.15, -0.1) is 0 Å². The second-order valence-corrected chi connectivity index (χ2v) is 22.3. The van der Waals surface area contributed by atoms with Gasteiger partial charge < -0.3 is 19.4 Å². The van der Waals surface area contributed by atoms with E-state index < -0.39 is 0 Å². The first-order chi connectivity index (χ1) is 38.4. The van der Waals surface area contributed by atoms with E-state index in [2.05, 4.69) is 278 Å². The van der Waals surface area contributed by atoms with Crippen LogP contribution in [-0.4, -0.2) is 14.1 Å². The highest BCUT2D eigenvalue weighted by Gasteiger charge is 2.42. The zero-order valence-electron chi connectivity index (χ0n) is 44.1. The fourth-order valence-electron chi connectivity index (χ4n) is 14.1. The number of aromatic amines is 1. The molecule has 0 saturated heterocycles. The third-order valence-corrected chi connectivity index (χ3v) is 18.3. The van der Waals surface area contributed by atoms with Gasteiger partial charge in [-0.25, -0.2) is 0 Å². The number of H-pyrrole nitrogens is 1. The van der Waals surface area contributed by atoms with Crippen LogP contribution in [0.15, 0.2) is 231 Å². The van der Waals surface area contributed by atoms with Crippen molar-refractivity contribution in [1.29, 1.82) is 0 Å². The number of fused-ring (bicyclic) bond motifs is 11. The maximum absolute atomic E-state index is 4.07. The van der Waals surface area contributed by atoms with Crippen LogP contribution in [0, 0.1) is 0 Å². The summed E-state index contributed by atoms with van der Waals surface area (Å²) in [4.78, 5) is 4.07. The zero-order valence-corrected chi connectivity index (χ0v) is 44.1. The van der Waals surface area contributed by atoms with Crippen LogP contribution in [0.2, 0.25) is 0 Å². The topological polar surface area (TPSA) is 37.7 Å². The average Bonchev–Trinajstić information content (AvgIpc) is 3.97. The fraction of sp³-hybridized carbons (Fsp3) is 0.108. The van der Waals surface area contributed by atoms with Gasteiger partial charge in [-0.1, -0.05) is 155 Å². The van der Waals surface area contributed by atoms with Crippen molar-refractivity contribution >= 4 is 76.8 Å². The van der Waals surface area contributed by atoms with Gasteiger partial charge in [0.15, 0.2) is 0 Å². The monoisotopic (exact) mass is 1000 g/mol. The highest BCUT2D eigenvalue weighted by molar-refractivity contribution is 6.17. The molecule has 4 nitrogen and oxygen atoms in total. The summed E-state index contributed by atoms with van der Waals surface area (Å²) < 4.78 is 4.99. The number of rotatable bonds is 7. The number of anilines is 2. The number of benzene rings is 11. The molecule has 0 spiro atoms. The van der Waals surface area contributed by atoms with Crippen molar-refractivity contribution < 1.29 is 0 Å². The fourth-order valence-corrected chi connectivity index (χ4v) is 14.1. The molecular formula is C74H56N4. The van der Waals surface area contributed by atoms with E-state index in [1.807, 2.05) is 0 Å². The van der Waals surface area contributed by atoms with Crippen molar-refractivity contribution in [1.82, 2.24) is 14.1 Å². The molecule has 14 aromatic rings. The Balaban J connectivity index is 0.881. The number of nitrogens with one attached hydrogen (secondary N) is 2. The first kappa shape index (κ1) is 44.9. The second-order valence-electron chi connectivity index (χ2n) is 22.3. The van der Waals surface area contributed by atoms with E-state index in [9.17, 15) is 0 Å². The third kappa shape index (κ3) is 6.53. The molecule has 2 aliphatic rings. The number of hydrogen-bond donors (Lipinski definition) is 2. The van der Waals surface area contributed by atoms with Crippen LogP contribution in [0.1, 0.15) is 73.6 Å². The molecule has 16 rings (SSSR count). The van der Waals surface area contributed by atoms with Gasteiger partial charge in [-0.2, -0.15) is 0 Å². The molecule has 2 N–H and O–H groups in total. The Bertz CT molecular complexity index is 4750. The Morgan fingerprint density at radius 1 is 0.359 bits per heavy atom. The first-order valence-electron chi connectivity index (χ1n) is 27.8. The molecule has 0 bridgehead atoms. The lowest BCUT2D eigenvalue weighted by atomic mass is 9.62. The van der Waals surface area contributed by atoms with Crippen molar-refractivity contribution in [2.45, 2.75) is 51.4 Å². The molecule has 372 valence electrons. The van der Waals surface area contributed by atoms with Gasteiger partial charge >= 0.3 is 0 Å². The Hall–Kier alpha value is -9.38. The minimum absolute atomic E-state index is 0.261. The molecule has 0 fully saturated rings. The van der Waals surface area contributed by atoms with Crippen molar-refractivity contribution in [2.24, 2.45) is 0 Å². The predicted molar refractivity (Wildman–Crippen MR) is 330 cm³/mol. The molecule has 0 amide bonds. The normalized spacial score (nSPS) is 16.7. The van der Waals surface area contributed by atoms with Crippen LogP contribution in [-0.2, 0) is 0 Å². The molecule has 4 atom stereocenters. The maximum atomic E-state index is 4.07. The van der Waals surface area contributed by atoms with Gasteiger partial charge in [-0.05, 0) is 188 Å². The molecule has 11 aromatic carbocycles. The summed E-state index contributed by atoms with van der Waals surface area (Å²) in [7, 11) is 0. The summed E-state index contributed by atoms with van der Waals surface area (Å²) in [5.41, 5.74) is 28.1. The maximum Gasteiger partial charge on any atom is 0.0582 e. The van der Waals surface area contributed by atoms with Crippen molar-refractivity contribution in [3.8, 4) is 55.9 Å². The van der Waals surface area contributed by atoms with Crippen LogP contribution >= 0.6 is 0 Å². The zero-order chi connectivity index (χ0) is 51.9. The third-order valence-electron chi connectivity index (χ3n) is 18.3. The molecule has 4 unspecified atom stereocenters. The SMILES string of the molecule is CC1c2cc3c4cc(-c5ccc6c(c5)c5ccccc5n6-c5ccccc5)ccc4n(-c4ccccc4)c3c3c2-c2c(cc4c([nH]c5ccc(-c6ccc(Nc7ccccc7)c(-c7ccccc7)c6)cc54)c2C1C)C(C)C3C. The van der Waals surface area contributed by atoms with E-state index in [1.54, 1.807) is 0 Å². The van der Waals surface area contributed by atoms with E-state index in [4.69, 9.17) is 0 Å². The Kier molecular flexibility index (Phi) is 9.82. The van der Waals surface area contributed by atoms with Gasteiger partial charge in [0.05, 0.1) is 27.6 Å². The van der Waals surface area contributed by atoms with E-state index in [1.165, 1.54) is 144 Å². The molecule has 3 aromatic heterocycles. The number of aromatic nitrogens is 3. The van der Waals surface area contributed by atoms with Crippen molar-refractivity contribution in [3.63, 3.8) is 0 Å². The summed E-state index contributed by atoms with van der Waals surface area (Å²) in [5.74, 6) is 1.12. The highest BCUT2D eigenvalue weighted by Crippen LogP contribution is 2.61. The quantitative estimate of drug-likeness (QED) is 0.164. The lowest BCUT2D eigenvalue weighted by Gasteiger charge is -2.41. The Morgan fingerprint density at radius 2 is 0.859 bits per heavy atom. The Labute approximate surface area is 453 Å². The second kappa shape index (κ2) is 17.1. The van der Waals surface area contributed by atoms with Crippen LogP contribution in [0.5, 0.6) is 0 Å². The number of para-hydroxylation sites is 4. The molecule has 0 aliphatic heterocycles. The van der Waals surface area contributed by atoms with Gasteiger partial charge in [0.1, 0.15) is 0 Å². The lowest BCUT2D eigenvalue weighted by molar-refractivity contribution is 0.585. The molecule has 4 heteroatoms. The van der Waals surface area contributed by atoms with Gasteiger partial charge in [0.25, 0.3) is 0 Å². The van der Waals surface area contributed by atoms with E-state index in [0.29, 0.717) is 5.92 Å². The van der Waals surface area contributed by atoms with Gasteiger partial charge in [-0.3, -0.25) is 0 Å². The van der Waals surface area contributed by atoms with E-state index >= 15 is 0 Å². The molecule has 78 heavy (non-hydrogen) atoms. The Morgan fingerprint density at radius 3 is 1.55 bits per heavy atom. The van der Waals surface area contributed by atoms with Gasteiger partial charge in [0.2, 0.25) is 0 Å². The smallest absolute Gasteiger partial charge is 0.0582 e. The van der Waals surface area contributed by atoms with Crippen LogP contribution in [0.25, 0.3) is 121 Å². The lowest BCUT2D eigenvalue weighted by Crippen LogP contribution is -2.23. The summed E-state index contributed by atoms with van der Waals surface area (Å²) >= 11 is 0. The van der Waals surface area contributed by atoms with Crippen LogP contribution < -0.4 is 5.32 Å². The minimum atomic E-state index is 0.261. The average molecular weight is 1000 g/mol. The standard InChI is InChI=1S/C74H56N4/c1-43-45(3)69-71-56(41-62-59-38-49(30-34-65(59)76-73(62)69)48-29-33-64(75-52-21-11-6-12-22-52)58(37-48)47-19-9-5-10-20-47)44(2)46(4)70-72(71)57(43)42-63-61-40-51(32-36-68(61)78(74(63)70)54-25-15-8-16-26-54)50-31-35-67-60(39-50)55-27-17-18-28-66(55)77(67)53-23-13-7-14-24-53/h5-46,75-76H,1-4H3. The molecular weight excluding hydrogens is 945 g/mol. The molecule has 2 aliphatic carbocycles. The van der Waals surface area contributed by atoms with E-state index in [-0.39, 0.29) is 17.8 Å². The summed E-state index contributed by atoms with van der Waals surface area (Å²) in [6, 6.07) is 85.3. The van der Waals surface area contributed by atoms with Crippen LogP contribution in [0.3, 0.4) is 0 Å². The highest BCUT2D eigenvalue weighted by atomic mass is 15.0. The molecule has 3 heterocycles. The minimum Gasteiger partial charge on any atom is -0.355 e. The van der Waals surface area contributed by atoms with E-state index in [0.717, 1.165) is 11.4 Å². The summed E-state index contributed by atoms with van der Waals surface area (Å²) in [6.45, 7) is 9.97. The number of hydrogen-bond acceptors (Lipinski definition) is 1. The first-order valence-corrected chi connectivity index (χ1v) is 27.8. The summed E-state index contributed by atoms with van der Waals surface area (Å²) in [5, 5.41) is 11.5. The predicted octanol–water partition coefficient (Wildman–Crippen LogP) is 20.4. The van der Waals surface area contributed by atoms with Gasteiger partial charge in [0, 0.05) is 66.1 Å². The summed E-state index contributed by atoms with van der Waals surface area (Å²) in [6.07, 6.45) is 0. The largest absolute Gasteiger partial charge is 0.355 e.